The molecule has 0 radical (unpaired) electrons. The van der Waals surface area contributed by atoms with E-state index in [9.17, 15) is 9.59 Å². The molecule has 0 saturated heterocycles. The van der Waals surface area contributed by atoms with Gasteiger partial charge in [0.1, 0.15) is 5.75 Å². The monoisotopic (exact) mass is 224 g/mol. The van der Waals surface area contributed by atoms with E-state index in [1.54, 1.807) is 24.3 Å². The van der Waals surface area contributed by atoms with E-state index in [1.807, 2.05) is 0 Å². The highest BCUT2D eigenvalue weighted by Gasteiger charge is 2.11. The number of rotatable bonds is 5. The summed E-state index contributed by atoms with van der Waals surface area (Å²) in [6.07, 6.45) is 0. The van der Waals surface area contributed by atoms with Gasteiger partial charge in [-0.1, -0.05) is 12.1 Å². The zero-order valence-electron chi connectivity index (χ0n) is 8.73. The summed E-state index contributed by atoms with van der Waals surface area (Å²) in [4.78, 5) is 26.5. The van der Waals surface area contributed by atoms with Crippen LogP contribution in [0.25, 0.3) is 0 Å². The minimum absolute atomic E-state index is 0.269. The van der Waals surface area contributed by atoms with Gasteiger partial charge in [-0.15, -0.1) is 0 Å². The topological polar surface area (TPSA) is 90.7 Å². The molecule has 0 spiro atoms. The largest absolute Gasteiger partial charge is 0.483 e. The third-order valence-corrected chi connectivity index (χ3v) is 1.70. The van der Waals surface area contributed by atoms with Crippen molar-refractivity contribution in [2.45, 2.75) is 0 Å². The van der Waals surface area contributed by atoms with E-state index in [-0.39, 0.29) is 17.9 Å². The van der Waals surface area contributed by atoms with Gasteiger partial charge in [-0.2, -0.15) is 0 Å². The average molecular weight is 224 g/mol. The van der Waals surface area contributed by atoms with Gasteiger partial charge in [-0.05, 0) is 12.1 Å². The molecule has 0 unspecified atom stereocenters. The Morgan fingerprint density at radius 3 is 2.69 bits per heavy atom. The van der Waals surface area contributed by atoms with Crippen molar-refractivity contribution in [2.75, 3.05) is 13.7 Å². The predicted octanol–water partition coefficient (Wildman–Crippen LogP) is -0.158. The first kappa shape index (κ1) is 12.0. The molecule has 1 aromatic carbocycles. The van der Waals surface area contributed by atoms with Crippen molar-refractivity contribution < 1.29 is 19.2 Å². The first-order valence-corrected chi connectivity index (χ1v) is 4.48. The number of hydrogen-bond donors (Lipinski definition) is 2. The summed E-state index contributed by atoms with van der Waals surface area (Å²) in [7, 11) is 1.32. The highest BCUT2D eigenvalue weighted by molar-refractivity contribution is 5.96. The van der Waals surface area contributed by atoms with Gasteiger partial charge in [0, 0.05) is 0 Å². The third-order valence-electron chi connectivity index (χ3n) is 1.70. The lowest BCUT2D eigenvalue weighted by molar-refractivity contribution is -0.119. The third kappa shape index (κ3) is 3.25. The van der Waals surface area contributed by atoms with Crippen molar-refractivity contribution in [3.63, 3.8) is 0 Å². The van der Waals surface area contributed by atoms with Crippen molar-refractivity contribution in [3.05, 3.63) is 29.8 Å². The molecule has 0 aromatic heterocycles. The first-order chi connectivity index (χ1) is 7.65. The van der Waals surface area contributed by atoms with Crippen LogP contribution in [-0.2, 0) is 9.63 Å². The lowest BCUT2D eigenvalue weighted by Crippen LogP contribution is -2.24. The van der Waals surface area contributed by atoms with E-state index in [0.717, 1.165) is 0 Å². The number of hydroxylamine groups is 1. The molecule has 1 rings (SSSR count). The molecular weight excluding hydrogens is 212 g/mol. The standard InChI is InChI=1S/C10H12N2O4/c1-15-12-10(14)7-4-2-3-5-8(7)16-6-9(11)13/h2-5H,6H2,1H3,(H2,11,13)(H,12,14). The van der Waals surface area contributed by atoms with Crippen LogP contribution < -0.4 is 16.0 Å². The first-order valence-electron chi connectivity index (χ1n) is 4.48. The number of nitrogens with two attached hydrogens (primary N) is 1. The lowest BCUT2D eigenvalue weighted by Gasteiger charge is -2.09. The number of nitrogens with one attached hydrogen (secondary N) is 1. The van der Waals surface area contributed by atoms with Crippen LogP contribution >= 0.6 is 0 Å². The quantitative estimate of drug-likeness (QED) is 0.680. The Bertz CT molecular complexity index is 392. The van der Waals surface area contributed by atoms with Gasteiger partial charge in [0.25, 0.3) is 11.8 Å². The fraction of sp³-hybridized carbons (Fsp3) is 0.200. The molecule has 3 N–H and O–H groups in total. The minimum atomic E-state index is -0.609. The number of carbonyl (C=O) groups is 2. The molecule has 0 atom stereocenters. The van der Waals surface area contributed by atoms with Crippen LogP contribution in [0.4, 0.5) is 0 Å². The van der Waals surface area contributed by atoms with Crippen LogP contribution in [-0.4, -0.2) is 25.5 Å². The average Bonchev–Trinajstić information content (AvgIpc) is 2.27. The van der Waals surface area contributed by atoms with Crippen LogP contribution in [0.3, 0.4) is 0 Å². The molecule has 1 aromatic rings. The molecule has 2 amide bonds. The normalized spacial score (nSPS) is 9.56. The van der Waals surface area contributed by atoms with E-state index in [1.165, 1.54) is 7.11 Å². The summed E-state index contributed by atoms with van der Waals surface area (Å²) in [5.74, 6) is -0.791. The Labute approximate surface area is 92.3 Å². The summed E-state index contributed by atoms with van der Waals surface area (Å²) < 4.78 is 5.08. The maximum atomic E-state index is 11.5. The Hall–Kier alpha value is -2.08. The van der Waals surface area contributed by atoms with Gasteiger partial charge in [0.15, 0.2) is 6.61 Å². The molecule has 0 aliphatic rings. The maximum absolute atomic E-state index is 11.5. The summed E-state index contributed by atoms with van der Waals surface area (Å²) in [6.45, 7) is -0.280. The zero-order chi connectivity index (χ0) is 12.0. The number of para-hydroxylation sites is 1. The summed E-state index contributed by atoms with van der Waals surface area (Å²) in [5.41, 5.74) is 7.36. The van der Waals surface area contributed by atoms with Gasteiger partial charge in [0.05, 0.1) is 12.7 Å². The lowest BCUT2D eigenvalue weighted by atomic mass is 10.2. The molecule has 86 valence electrons. The SMILES string of the molecule is CONC(=O)c1ccccc1OCC(N)=O. The van der Waals surface area contributed by atoms with E-state index < -0.39 is 11.8 Å². The second-order valence-electron chi connectivity index (χ2n) is 2.89. The van der Waals surface area contributed by atoms with Crippen molar-refractivity contribution >= 4 is 11.8 Å². The number of benzene rings is 1. The Kier molecular flexibility index (Phi) is 4.28. The van der Waals surface area contributed by atoms with E-state index in [4.69, 9.17) is 10.5 Å². The molecule has 0 fully saturated rings. The fourth-order valence-electron chi connectivity index (χ4n) is 1.08. The predicted molar refractivity (Wildman–Crippen MR) is 55.6 cm³/mol. The molecule has 6 nitrogen and oxygen atoms in total. The minimum Gasteiger partial charge on any atom is -0.483 e. The molecule has 16 heavy (non-hydrogen) atoms. The highest BCUT2D eigenvalue weighted by Crippen LogP contribution is 2.17. The molecular formula is C10H12N2O4. The number of amides is 2. The smallest absolute Gasteiger partial charge is 0.278 e. The Morgan fingerprint density at radius 1 is 1.38 bits per heavy atom. The highest BCUT2D eigenvalue weighted by atomic mass is 16.6. The molecule has 0 aliphatic carbocycles. The van der Waals surface area contributed by atoms with Crippen molar-refractivity contribution in [1.82, 2.24) is 5.48 Å². The van der Waals surface area contributed by atoms with Gasteiger partial charge in [0.2, 0.25) is 0 Å². The second-order valence-corrected chi connectivity index (χ2v) is 2.89. The van der Waals surface area contributed by atoms with Crippen molar-refractivity contribution in [3.8, 4) is 5.75 Å². The Morgan fingerprint density at radius 2 is 2.06 bits per heavy atom. The van der Waals surface area contributed by atoms with E-state index >= 15 is 0 Å². The van der Waals surface area contributed by atoms with Crippen LogP contribution in [0.15, 0.2) is 24.3 Å². The fourth-order valence-corrected chi connectivity index (χ4v) is 1.08. The van der Waals surface area contributed by atoms with Crippen LogP contribution in [0, 0.1) is 0 Å². The summed E-state index contributed by atoms with van der Waals surface area (Å²) in [5, 5.41) is 0. The number of primary amides is 1. The van der Waals surface area contributed by atoms with Gasteiger partial charge in [-0.25, -0.2) is 5.48 Å². The second kappa shape index (κ2) is 5.72. The molecule has 6 heteroatoms. The molecule has 0 heterocycles. The van der Waals surface area contributed by atoms with Gasteiger partial charge >= 0.3 is 0 Å². The molecule has 0 bridgehead atoms. The van der Waals surface area contributed by atoms with Gasteiger partial charge < -0.3 is 10.5 Å². The molecule has 0 aliphatic heterocycles. The number of ether oxygens (including phenoxy) is 1. The van der Waals surface area contributed by atoms with Crippen LogP contribution in [0.5, 0.6) is 5.75 Å². The van der Waals surface area contributed by atoms with Gasteiger partial charge in [-0.3, -0.25) is 14.4 Å². The van der Waals surface area contributed by atoms with E-state index in [2.05, 4.69) is 10.3 Å². The zero-order valence-corrected chi connectivity index (χ0v) is 8.73. The summed E-state index contributed by atoms with van der Waals surface area (Å²) in [6, 6.07) is 6.46. The van der Waals surface area contributed by atoms with Crippen LogP contribution in [0.2, 0.25) is 0 Å². The maximum Gasteiger partial charge on any atom is 0.278 e. The van der Waals surface area contributed by atoms with E-state index in [0.29, 0.717) is 0 Å². The van der Waals surface area contributed by atoms with Crippen molar-refractivity contribution in [1.29, 1.82) is 0 Å². The van der Waals surface area contributed by atoms with Crippen LogP contribution in [0.1, 0.15) is 10.4 Å². The Balaban J connectivity index is 2.82. The summed E-state index contributed by atoms with van der Waals surface area (Å²) >= 11 is 0. The molecule has 0 saturated carbocycles. The number of carbonyl (C=O) groups excluding carboxylic acids is 2. The van der Waals surface area contributed by atoms with Crippen molar-refractivity contribution in [2.24, 2.45) is 5.73 Å². The number of hydrogen-bond acceptors (Lipinski definition) is 4.